The van der Waals surface area contributed by atoms with E-state index < -0.39 is 4.92 Å². The molecule has 3 nitrogen and oxygen atoms in total. The maximum atomic E-state index is 10.5. The van der Waals surface area contributed by atoms with E-state index >= 15 is 0 Å². The smallest absolute Gasteiger partial charge is 0.258 e. The van der Waals surface area contributed by atoms with Gasteiger partial charge in [-0.3, -0.25) is 10.1 Å². The SMILES string of the molecule is C=C/C=C/C=C/C=C/C=C/c1ccc([N+](=O)[O-])cc1. The van der Waals surface area contributed by atoms with E-state index in [2.05, 4.69) is 6.58 Å². The predicted molar refractivity (Wildman–Crippen MR) is 79.7 cm³/mol. The van der Waals surface area contributed by atoms with E-state index in [4.69, 9.17) is 0 Å². The molecule has 0 aliphatic carbocycles. The van der Waals surface area contributed by atoms with Crippen molar-refractivity contribution in [3.63, 3.8) is 0 Å². The monoisotopic (exact) mass is 253 g/mol. The quantitative estimate of drug-likeness (QED) is 0.426. The normalized spacial score (nSPS) is 12.0. The summed E-state index contributed by atoms with van der Waals surface area (Å²) in [5.41, 5.74) is 1.02. The first-order chi connectivity index (χ1) is 9.24. The maximum Gasteiger partial charge on any atom is 0.269 e. The predicted octanol–water partition coefficient (Wildman–Crippen LogP) is 4.46. The van der Waals surface area contributed by atoms with Crippen LogP contribution in [0.5, 0.6) is 0 Å². The number of nitro benzene ring substituents is 1. The Kier molecular flexibility index (Phi) is 6.37. The lowest BCUT2D eigenvalue weighted by Crippen LogP contribution is -1.86. The summed E-state index contributed by atoms with van der Waals surface area (Å²) < 4.78 is 0. The van der Waals surface area contributed by atoms with E-state index in [9.17, 15) is 10.1 Å². The van der Waals surface area contributed by atoms with E-state index in [1.54, 1.807) is 18.2 Å². The molecule has 96 valence electrons. The van der Waals surface area contributed by atoms with Crippen molar-refractivity contribution in [1.82, 2.24) is 0 Å². The molecule has 0 aliphatic heterocycles. The van der Waals surface area contributed by atoms with Gasteiger partial charge in [0.25, 0.3) is 5.69 Å². The van der Waals surface area contributed by atoms with E-state index in [1.807, 2.05) is 48.6 Å². The molecule has 1 rings (SSSR count). The Morgan fingerprint density at radius 2 is 1.42 bits per heavy atom. The van der Waals surface area contributed by atoms with Gasteiger partial charge in [-0.25, -0.2) is 0 Å². The first kappa shape index (κ1) is 14.4. The van der Waals surface area contributed by atoms with Crippen molar-refractivity contribution in [2.75, 3.05) is 0 Å². The fourth-order valence-electron chi connectivity index (χ4n) is 1.27. The van der Waals surface area contributed by atoms with E-state index in [-0.39, 0.29) is 5.69 Å². The van der Waals surface area contributed by atoms with Crippen molar-refractivity contribution in [3.8, 4) is 0 Å². The minimum atomic E-state index is -0.408. The van der Waals surface area contributed by atoms with Crippen LogP contribution >= 0.6 is 0 Å². The Bertz CT molecular complexity index is 534. The molecule has 0 aromatic heterocycles. The van der Waals surface area contributed by atoms with Gasteiger partial charge in [0.1, 0.15) is 0 Å². The molecular formula is C16H15NO2. The van der Waals surface area contributed by atoms with Crippen molar-refractivity contribution < 1.29 is 4.92 Å². The van der Waals surface area contributed by atoms with Crippen LogP contribution in [0.2, 0.25) is 0 Å². The lowest BCUT2D eigenvalue weighted by Gasteiger charge is -1.92. The number of rotatable bonds is 6. The number of nitrogens with zero attached hydrogens (tertiary/aromatic N) is 1. The average molecular weight is 253 g/mol. The molecule has 0 bridgehead atoms. The Morgan fingerprint density at radius 3 is 1.95 bits per heavy atom. The van der Waals surface area contributed by atoms with Crippen LogP contribution in [-0.2, 0) is 0 Å². The second-order valence-electron chi connectivity index (χ2n) is 3.60. The van der Waals surface area contributed by atoms with Gasteiger partial charge in [-0.2, -0.15) is 0 Å². The van der Waals surface area contributed by atoms with Crippen molar-refractivity contribution >= 4 is 11.8 Å². The standard InChI is InChI=1S/C16H15NO2/c1-2-3-4-5-6-7-8-9-10-15-11-13-16(14-12-15)17(18)19/h2-14H,1H2/b4-3+,6-5+,8-7+,10-9+. The molecule has 0 N–H and O–H groups in total. The summed E-state index contributed by atoms with van der Waals surface area (Å²) in [6.07, 6.45) is 16.8. The van der Waals surface area contributed by atoms with Crippen LogP contribution in [0, 0.1) is 10.1 Å². The number of benzene rings is 1. The first-order valence-corrected chi connectivity index (χ1v) is 5.77. The molecule has 19 heavy (non-hydrogen) atoms. The lowest BCUT2D eigenvalue weighted by atomic mass is 10.2. The zero-order valence-electron chi connectivity index (χ0n) is 10.5. The van der Waals surface area contributed by atoms with Gasteiger partial charge in [0, 0.05) is 12.1 Å². The summed E-state index contributed by atoms with van der Waals surface area (Å²) in [5.74, 6) is 0. The molecule has 0 spiro atoms. The Morgan fingerprint density at radius 1 is 0.895 bits per heavy atom. The summed E-state index contributed by atoms with van der Waals surface area (Å²) in [4.78, 5) is 10.1. The number of allylic oxidation sites excluding steroid dienone is 8. The number of non-ortho nitro benzene ring substituents is 1. The largest absolute Gasteiger partial charge is 0.269 e. The molecule has 0 fully saturated rings. The molecule has 0 saturated heterocycles. The van der Waals surface area contributed by atoms with Crippen LogP contribution < -0.4 is 0 Å². The zero-order valence-corrected chi connectivity index (χ0v) is 10.5. The van der Waals surface area contributed by atoms with Crippen LogP contribution in [0.25, 0.3) is 6.08 Å². The molecule has 0 radical (unpaired) electrons. The van der Waals surface area contributed by atoms with Gasteiger partial charge in [-0.15, -0.1) is 0 Å². The summed E-state index contributed by atoms with van der Waals surface area (Å²) in [6, 6.07) is 6.41. The highest BCUT2D eigenvalue weighted by Gasteiger charge is 2.01. The second-order valence-corrected chi connectivity index (χ2v) is 3.60. The van der Waals surface area contributed by atoms with Crippen molar-refractivity contribution in [2.24, 2.45) is 0 Å². The fraction of sp³-hybridized carbons (Fsp3) is 0. The number of hydrogen-bond donors (Lipinski definition) is 0. The van der Waals surface area contributed by atoms with E-state index in [0.29, 0.717) is 0 Å². The molecule has 0 atom stereocenters. The second kappa shape index (κ2) is 8.42. The van der Waals surface area contributed by atoms with Crippen LogP contribution in [-0.4, -0.2) is 4.92 Å². The van der Waals surface area contributed by atoms with Gasteiger partial charge >= 0.3 is 0 Å². The molecule has 0 heterocycles. The molecule has 0 aliphatic rings. The van der Waals surface area contributed by atoms with Gasteiger partial charge in [0.2, 0.25) is 0 Å². The van der Waals surface area contributed by atoms with Gasteiger partial charge in [0.15, 0.2) is 0 Å². The van der Waals surface area contributed by atoms with Crippen molar-refractivity contribution in [2.45, 2.75) is 0 Å². The third-order valence-electron chi connectivity index (χ3n) is 2.20. The van der Waals surface area contributed by atoms with Crippen LogP contribution in [0.4, 0.5) is 5.69 Å². The summed E-state index contributed by atoms with van der Waals surface area (Å²) in [7, 11) is 0. The average Bonchev–Trinajstić information content (AvgIpc) is 2.42. The van der Waals surface area contributed by atoms with Crippen LogP contribution in [0.15, 0.2) is 79.5 Å². The topological polar surface area (TPSA) is 43.1 Å². The Labute approximate surface area is 112 Å². The van der Waals surface area contributed by atoms with Crippen LogP contribution in [0.3, 0.4) is 0 Å². The highest BCUT2D eigenvalue weighted by Crippen LogP contribution is 2.12. The third kappa shape index (κ3) is 5.98. The molecule has 0 unspecified atom stereocenters. The lowest BCUT2D eigenvalue weighted by molar-refractivity contribution is -0.384. The highest BCUT2D eigenvalue weighted by molar-refractivity contribution is 5.53. The van der Waals surface area contributed by atoms with E-state index in [1.165, 1.54) is 12.1 Å². The summed E-state index contributed by atoms with van der Waals surface area (Å²) >= 11 is 0. The maximum absolute atomic E-state index is 10.5. The summed E-state index contributed by atoms with van der Waals surface area (Å²) in [6.45, 7) is 3.57. The third-order valence-corrected chi connectivity index (χ3v) is 2.20. The van der Waals surface area contributed by atoms with Gasteiger partial charge in [-0.1, -0.05) is 61.3 Å². The Balaban J connectivity index is 2.50. The minimum Gasteiger partial charge on any atom is -0.258 e. The number of hydrogen-bond acceptors (Lipinski definition) is 2. The van der Waals surface area contributed by atoms with Gasteiger partial charge < -0.3 is 0 Å². The highest BCUT2D eigenvalue weighted by atomic mass is 16.6. The molecule has 0 amide bonds. The minimum absolute atomic E-state index is 0.102. The molecule has 0 saturated carbocycles. The molecule has 3 heteroatoms. The van der Waals surface area contributed by atoms with E-state index in [0.717, 1.165) is 5.56 Å². The molecule has 1 aromatic carbocycles. The number of nitro groups is 1. The van der Waals surface area contributed by atoms with Crippen molar-refractivity contribution in [3.05, 3.63) is 95.1 Å². The fourth-order valence-corrected chi connectivity index (χ4v) is 1.27. The zero-order chi connectivity index (χ0) is 13.9. The molecular weight excluding hydrogens is 238 g/mol. The summed E-state index contributed by atoms with van der Waals surface area (Å²) in [5, 5.41) is 10.5. The Hall–Kier alpha value is -2.68. The van der Waals surface area contributed by atoms with Crippen molar-refractivity contribution in [1.29, 1.82) is 0 Å². The molecule has 1 aromatic rings. The first-order valence-electron chi connectivity index (χ1n) is 5.77. The van der Waals surface area contributed by atoms with Crippen LogP contribution in [0.1, 0.15) is 5.56 Å². The van der Waals surface area contributed by atoms with Gasteiger partial charge in [-0.05, 0) is 17.7 Å². The van der Waals surface area contributed by atoms with Gasteiger partial charge in [0.05, 0.1) is 4.92 Å².